The van der Waals surface area contributed by atoms with Crippen molar-refractivity contribution in [1.29, 1.82) is 0 Å². The van der Waals surface area contributed by atoms with Crippen LogP contribution in [0.1, 0.15) is 39.0 Å². The summed E-state index contributed by atoms with van der Waals surface area (Å²) in [6.45, 7) is 0.810. The number of methoxy groups -OCH3 is 1. The van der Waals surface area contributed by atoms with Gasteiger partial charge in [-0.2, -0.15) is 0 Å². The van der Waals surface area contributed by atoms with Crippen molar-refractivity contribution in [2.45, 2.75) is 19.4 Å². The predicted octanol–water partition coefficient (Wildman–Crippen LogP) is 4.48. The SMILES string of the molecule is COC(=O)c1ccc2c(c1)NC(=O)/C2=C(\Nc1ccc(CN(C)C)cc1)c1ccc(CCC(=O)O)cc1. The average Bonchev–Trinajstić information content (AvgIpc) is 3.21. The van der Waals surface area contributed by atoms with E-state index in [0.717, 1.165) is 28.9 Å². The smallest absolute Gasteiger partial charge is 0.337 e. The number of amides is 1. The van der Waals surface area contributed by atoms with Gasteiger partial charge in [0.15, 0.2) is 0 Å². The van der Waals surface area contributed by atoms with E-state index >= 15 is 0 Å². The fraction of sp³-hybridized carbons (Fsp3) is 0.207. The minimum Gasteiger partial charge on any atom is -0.481 e. The highest BCUT2D eigenvalue weighted by molar-refractivity contribution is 6.37. The second-order valence-corrected chi connectivity index (χ2v) is 9.11. The quantitative estimate of drug-likeness (QED) is 0.294. The molecule has 1 heterocycles. The first-order valence-corrected chi connectivity index (χ1v) is 11.9. The molecule has 3 aromatic carbocycles. The number of nitrogens with one attached hydrogen (secondary N) is 2. The summed E-state index contributed by atoms with van der Waals surface area (Å²) < 4.78 is 4.81. The molecule has 190 valence electrons. The lowest BCUT2D eigenvalue weighted by Crippen LogP contribution is -2.11. The minimum atomic E-state index is -0.850. The van der Waals surface area contributed by atoms with Gasteiger partial charge in [-0.25, -0.2) is 4.79 Å². The molecule has 37 heavy (non-hydrogen) atoms. The Balaban J connectivity index is 1.76. The van der Waals surface area contributed by atoms with Crippen LogP contribution in [0.5, 0.6) is 0 Å². The van der Waals surface area contributed by atoms with Crippen LogP contribution in [0.3, 0.4) is 0 Å². The van der Waals surface area contributed by atoms with Gasteiger partial charge >= 0.3 is 11.9 Å². The molecule has 0 spiro atoms. The summed E-state index contributed by atoms with van der Waals surface area (Å²) in [6.07, 6.45) is 0.463. The number of carboxylic acid groups (broad SMARTS) is 1. The van der Waals surface area contributed by atoms with Crippen LogP contribution in [0.2, 0.25) is 0 Å². The summed E-state index contributed by atoms with van der Waals surface area (Å²) >= 11 is 0. The van der Waals surface area contributed by atoms with Crippen molar-refractivity contribution in [3.63, 3.8) is 0 Å². The van der Waals surface area contributed by atoms with E-state index in [-0.39, 0.29) is 12.3 Å². The number of esters is 1. The Morgan fingerprint density at radius 2 is 1.59 bits per heavy atom. The molecule has 3 aromatic rings. The third kappa shape index (κ3) is 6.05. The zero-order valence-corrected chi connectivity index (χ0v) is 21.0. The Morgan fingerprint density at radius 3 is 2.22 bits per heavy atom. The van der Waals surface area contributed by atoms with Gasteiger partial charge in [-0.3, -0.25) is 9.59 Å². The molecule has 0 fully saturated rings. The van der Waals surface area contributed by atoms with Gasteiger partial charge in [-0.15, -0.1) is 0 Å². The summed E-state index contributed by atoms with van der Waals surface area (Å²) in [5.74, 6) is -1.63. The van der Waals surface area contributed by atoms with E-state index in [0.29, 0.717) is 34.5 Å². The molecule has 4 rings (SSSR count). The van der Waals surface area contributed by atoms with E-state index in [2.05, 4.69) is 15.5 Å². The standard InChI is InChI=1S/C29H29N3O5/c1-32(2)17-19-6-12-22(13-7-19)30-27(20-9-4-18(5-10-20)8-15-25(33)34)26-23-14-11-21(29(36)37-3)16-24(23)31-28(26)35/h4-7,9-14,16,30H,8,15,17H2,1-3H3,(H,31,35)(H,33,34)/b27-26-. The molecule has 0 bridgehead atoms. The first-order valence-electron chi connectivity index (χ1n) is 11.9. The third-order valence-corrected chi connectivity index (χ3v) is 6.03. The zero-order valence-electron chi connectivity index (χ0n) is 21.0. The number of aliphatic carboxylic acids is 1. The Kier molecular flexibility index (Phi) is 7.69. The topological polar surface area (TPSA) is 108 Å². The lowest BCUT2D eigenvalue weighted by Gasteiger charge is -2.16. The van der Waals surface area contributed by atoms with Crippen molar-refractivity contribution >= 4 is 40.5 Å². The largest absolute Gasteiger partial charge is 0.481 e. The van der Waals surface area contributed by atoms with Crippen molar-refractivity contribution < 1.29 is 24.2 Å². The van der Waals surface area contributed by atoms with Crippen LogP contribution in [-0.2, 0) is 27.3 Å². The van der Waals surface area contributed by atoms with Gasteiger partial charge in [0.1, 0.15) is 0 Å². The van der Waals surface area contributed by atoms with Crippen LogP contribution >= 0.6 is 0 Å². The molecular formula is C29H29N3O5. The lowest BCUT2D eigenvalue weighted by atomic mass is 9.97. The van der Waals surface area contributed by atoms with Crippen molar-refractivity contribution in [3.8, 4) is 0 Å². The van der Waals surface area contributed by atoms with Crippen molar-refractivity contribution in [3.05, 3.63) is 94.5 Å². The molecule has 1 aliphatic heterocycles. The number of hydrogen-bond donors (Lipinski definition) is 3. The zero-order chi connectivity index (χ0) is 26.5. The third-order valence-electron chi connectivity index (χ3n) is 6.03. The van der Waals surface area contributed by atoms with Gasteiger partial charge in [0.25, 0.3) is 5.91 Å². The molecule has 0 saturated heterocycles. The highest BCUT2D eigenvalue weighted by Crippen LogP contribution is 2.38. The lowest BCUT2D eigenvalue weighted by molar-refractivity contribution is -0.137. The maximum Gasteiger partial charge on any atom is 0.337 e. The van der Waals surface area contributed by atoms with Gasteiger partial charge in [0.2, 0.25) is 0 Å². The van der Waals surface area contributed by atoms with Crippen LogP contribution in [0.15, 0.2) is 66.7 Å². The molecule has 8 nitrogen and oxygen atoms in total. The van der Waals surface area contributed by atoms with Crippen LogP contribution in [-0.4, -0.2) is 49.1 Å². The van der Waals surface area contributed by atoms with Gasteiger partial charge in [-0.1, -0.05) is 42.5 Å². The first kappa shape index (κ1) is 25.7. The number of nitrogens with zero attached hydrogens (tertiary/aromatic N) is 1. The van der Waals surface area contributed by atoms with E-state index in [4.69, 9.17) is 9.84 Å². The number of benzene rings is 3. The molecule has 0 unspecified atom stereocenters. The second kappa shape index (κ2) is 11.1. The Morgan fingerprint density at radius 1 is 0.946 bits per heavy atom. The molecule has 3 N–H and O–H groups in total. The van der Waals surface area contributed by atoms with E-state index in [1.54, 1.807) is 18.2 Å². The highest BCUT2D eigenvalue weighted by atomic mass is 16.5. The van der Waals surface area contributed by atoms with Crippen LogP contribution < -0.4 is 10.6 Å². The van der Waals surface area contributed by atoms with Crippen LogP contribution in [0, 0.1) is 0 Å². The van der Waals surface area contributed by atoms with Crippen molar-refractivity contribution in [1.82, 2.24) is 4.90 Å². The van der Waals surface area contributed by atoms with Crippen LogP contribution in [0.25, 0.3) is 11.3 Å². The van der Waals surface area contributed by atoms with E-state index < -0.39 is 11.9 Å². The maximum absolute atomic E-state index is 13.2. The fourth-order valence-corrected chi connectivity index (χ4v) is 4.24. The number of anilines is 2. The molecule has 0 radical (unpaired) electrons. The number of rotatable bonds is 9. The number of aryl methyl sites for hydroxylation is 1. The fourth-order valence-electron chi connectivity index (χ4n) is 4.24. The van der Waals surface area contributed by atoms with E-state index in [1.807, 2.05) is 62.6 Å². The molecular weight excluding hydrogens is 470 g/mol. The first-order chi connectivity index (χ1) is 17.7. The normalized spacial score (nSPS) is 13.7. The molecule has 8 heteroatoms. The summed E-state index contributed by atoms with van der Waals surface area (Å²) in [7, 11) is 5.33. The summed E-state index contributed by atoms with van der Waals surface area (Å²) in [5.41, 5.74) is 6.22. The summed E-state index contributed by atoms with van der Waals surface area (Å²) in [6, 6.07) is 20.5. The molecule has 1 amide bonds. The number of fused-ring (bicyclic) bond motifs is 1. The Bertz CT molecular complexity index is 1360. The van der Waals surface area contributed by atoms with Gasteiger partial charge in [0.05, 0.1) is 29.6 Å². The molecule has 0 saturated carbocycles. The minimum absolute atomic E-state index is 0.0448. The Labute approximate surface area is 215 Å². The van der Waals surface area contributed by atoms with E-state index in [1.165, 1.54) is 7.11 Å². The molecule has 0 aliphatic carbocycles. The predicted molar refractivity (Wildman–Crippen MR) is 143 cm³/mol. The molecule has 0 aromatic heterocycles. The van der Waals surface area contributed by atoms with E-state index in [9.17, 15) is 14.4 Å². The van der Waals surface area contributed by atoms with Crippen LogP contribution in [0.4, 0.5) is 11.4 Å². The van der Waals surface area contributed by atoms with Gasteiger partial charge in [0, 0.05) is 24.2 Å². The second-order valence-electron chi connectivity index (χ2n) is 9.11. The Hall–Kier alpha value is -4.43. The number of carboxylic acids is 1. The maximum atomic E-state index is 13.2. The number of carbonyl (C=O) groups is 3. The van der Waals surface area contributed by atoms with Gasteiger partial charge < -0.3 is 25.4 Å². The van der Waals surface area contributed by atoms with Crippen molar-refractivity contribution in [2.24, 2.45) is 0 Å². The van der Waals surface area contributed by atoms with Gasteiger partial charge in [-0.05, 0) is 61.5 Å². The summed E-state index contributed by atoms with van der Waals surface area (Å²) in [5, 5.41) is 15.3. The number of hydrogen-bond acceptors (Lipinski definition) is 6. The molecule has 1 aliphatic rings. The highest BCUT2D eigenvalue weighted by Gasteiger charge is 2.29. The molecule has 0 atom stereocenters. The number of ether oxygens (including phenoxy) is 1. The monoisotopic (exact) mass is 499 g/mol. The average molecular weight is 500 g/mol. The van der Waals surface area contributed by atoms with Crippen molar-refractivity contribution in [2.75, 3.05) is 31.8 Å². The number of carbonyl (C=O) groups excluding carboxylic acids is 2. The summed E-state index contributed by atoms with van der Waals surface area (Å²) in [4.78, 5) is 38.2.